The Bertz CT molecular complexity index is 606. The predicted molar refractivity (Wildman–Crippen MR) is 101 cm³/mol. The Hall–Kier alpha value is -0.940. The summed E-state index contributed by atoms with van der Waals surface area (Å²) in [6, 6.07) is 0. The van der Waals surface area contributed by atoms with E-state index >= 15 is 0 Å². The summed E-state index contributed by atoms with van der Waals surface area (Å²) in [6.45, 7) is 5.52. The summed E-state index contributed by atoms with van der Waals surface area (Å²) in [5, 5.41) is 15.4. The van der Waals surface area contributed by atoms with Crippen LogP contribution in [-0.2, 0) is 9.63 Å². The molecule has 0 aromatic heterocycles. The lowest BCUT2D eigenvalue weighted by Gasteiger charge is -2.60. The quantitative estimate of drug-likeness (QED) is 0.597. The van der Waals surface area contributed by atoms with Crippen molar-refractivity contribution in [3.8, 4) is 0 Å². The minimum Gasteiger partial charge on any atom is -0.395 e. The maximum Gasteiger partial charge on any atom is 0.139 e. The van der Waals surface area contributed by atoms with Gasteiger partial charge in [-0.3, -0.25) is 4.79 Å². The van der Waals surface area contributed by atoms with Crippen molar-refractivity contribution in [3.63, 3.8) is 0 Å². The second kappa shape index (κ2) is 6.59. The van der Waals surface area contributed by atoms with Gasteiger partial charge in [-0.15, -0.1) is 0 Å². The fourth-order valence-corrected chi connectivity index (χ4v) is 7.15. The number of nitrogens with zero attached hydrogens (tertiary/aromatic N) is 1. The topological polar surface area (TPSA) is 84.9 Å². The molecule has 0 aromatic carbocycles. The summed E-state index contributed by atoms with van der Waals surface area (Å²) >= 11 is 0. The molecule has 0 aromatic rings. The van der Waals surface area contributed by atoms with Crippen LogP contribution in [0, 0.1) is 34.5 Å². The fourth-order valence-electron chi connectivity index (χ4n) is 7.15. The third-order valence-electron chi connectivity index (χ3n) is 8.63. The molecule has 0 heterocycles. The molecule has 5 nitrogen and oxygen atoms in total. The maximum absolute atomic E-state index is 12.5. The first kappa shape index (κ1) is 18.4. The van der Waals surface area contributed by atoms with Crippen LogP contribution in [0.4, 0.5) is 0 Å². The number of aliphatic hydroxyl groups excluding tert-OH is 1. The summed E-state index contributed by atoms with van der Waals surface area (Å²) < 4.78 is 0. The molecular formula is C21H34N2O3. The van der Waals surface area contributed by atoms with Gasteiger partial charge in [0, 0.05) is 18.4 Å². The second-order valence-corrected chi connectivity index (χ2v) is 9.69. The summed E-state index contributed by atoms with van der Waals surface area (Å²) in [5.74, 6) is 2.34. The summed E-state index contributed by atoms with van der Waals surface area (Å²) in [7, 11) is 0. The van der Waals surface area contributed by atoms with E-state index in [1.165, 1.54) is 0 Å². The average Bonchev–Trinajstić information content (AvgIpc) is 2.92. The van der Waals surface area contributed by atoms with E-state index in [4.69, 9.17) is 10.6 Å². The zero-order valence-electron chi connectivity index (χ0n) is 16.2. The highest BCUT2D eigenvalue weighted by Gasteiger charge is 2.61. The van der Waals surface area contributed by atoms with Crippen molar-refractivity contribution in [2.24, 2.45) is 45.4 Å². The molecule has 0 unspecified atom stereocenters. The molecule has 4 aliphatic rings. The van der Waals surface area contributed by atoms with Crippen LogP contribution in [0.3, 0.4) is 0 Å². The number of aliphatic hydroxyl groups is 1. The van der Waals surface area contributed by atoms with Crippen molar-refractivity contribution < 1.29 is 14.7 Å². The molecule has 3 N–H and O–H groups in total. The van der Waals surface area contributed by atoms with Crippen molar-refractivity contribution >= 4 is 11.5 Å². The van der Waals surface area contributed by atoms with Crippen molar-refractivity contribution in [1.82, 2.24) is 0 Å². The zero-order chi connectivity index (χ0) is 18.5. The van der Waals surface area contributed by atoms with E-state index in [2.05, 4.69) is 19.0 Å². The molecule has 146 valence electrons. The number of Topliss-reactive ketones (excluding diaryl/α,β-unsaturated/α-hetero) is 1. The highest BCUT2D eigenvalue weighted by atomic mass is 16.6. The van der Waals surface area contributed by atoms with Crippen LogP contribution in [0.5, 0.6) is 0 Å². The second-order valence-electron chi connectivity index (χ2n) is 9.69. The highest BCUT2D eigenvalue weighted by Crippen LogP contribution is 2.65. The number of fused-ring (bicyclic) bond motifs is 5. The van der Waals surface area contributed by atoms with Crippen LogP contribution in [0.25, 0.3) is 0 Å². The lowest BCUT2D eigenvalue weighted by Crippen LogP contribution is -2.57. The van der Waals surface area contributed by atoms with Crippen LogP contribution in [0.2, 0.25) is 0 Å². The molecule has 4 fully saturated rings. The van der Waals surface area contributed by atoms with E-state index in [0.29, 0.717) is 36.7 Å². The third kappa shape index (κ3) is 2.65. The first-order valence-electron chi connectivity index (χ1n) is 10.5. The molecule has 5 heteroatoms. The van der Waals surface area contributed by atoms with Crippen LogP contribution in [-0.4, -0.2) is 35.9 Å². The third-order valence-corrected chi connectivity index (χ3v) is 8.63. The van der Waals surface area contributed by atoms with Gasteiger partial charge in [-0.05, 0) is 74.0 Å². The highest BCUT2D eigenvalue weighted by molar-refractivity contribution is 5.87. The van der Waals surface area contributed by atoms with Crippen LogP contribution < -0.4 is 5.73 Å². The Morgan fingerprint density at radius 1 is 1.19 bits per heavy atom. The van der Waals surface area contributed by atoms with Crippen LogP contribution in [0.15, 0.2) is 5.16 Å². The summed E-state index contributed by atoms with van der Waals surface area (Å²) in [6.07, 6.45) is 7.38. The number of oxime groups is 1. The minimum atomic E-state index is -0.292. The maximum atomic E-state index is 12.5. The van der Waals surface area contributed by atoms with Gasteiger partial charge < -0.3 is 15.7 Å². The minimum absolute atomic E-state index is 0.124. The number of hydrogen-bond donors (Lipinski definition) is 2. The lowest BCUT2D eigenvalue weighted by atomic mass is 9.44. The Morgan fingerprint density at radius 3 is 2.77 bits per heavy atom. The van der Waals surface area contributed by atoms with Crippen LogP contribution in [0.1, 0.15) is 65.2 Å². The van der Waals surface area contributed by atoms with Gasteiger partial charge in [-0.2, -0.15) is 0 Å². The molecule has 0 bridgehead atoms. The van der Waals surface area contributed by atoms with Crippen molar-refractivity contribution in [1.29, 1.82) is 0 Å². The molecule has 0 radical (unpaired) electrons. The standard InChI is InChI=1S/C21H34N2O3/c1-20-7-5-13(23-26-10-9-22)11-17(20)18(24)12-14-15-3-4-19(25)21(15,2)8-6-16(14)20/h14-18,24H,3-12,22H2,1-2H3/b23-13+/t14-,15-,16-,17-,18-,20+,21-/m0/s1. The Morgan fingerprint density at radius 2 is 2.00 bits per heavy atom. The van der Waals surface area contributed by atoms with Gasteiger partial charge in [0.1, 0.15) is 12.4 Å². The van der Waals surface area contributed by atoms with Gasteiger partial charge in [0.2, 0.25) is 0 Å². The largest absolute Gasteiger partial charge is 0.395 e. The van der Waals surface area contributed by atoms with Gasteiger partial charge >= 0.3 is 0 Å². The van der Waals surface area contributed by atoms with Crippen molar-refractivity contribution in [2.45, 2.75) is 71.3 Å². The fraction of sp³-hybridized carbons (Fsp3) is 0.905. The molecule has 7 atom stereocenters. The molecular weight excluding hydrogens is 328 g/mol. The first-order chi connectivity index (χ1) is 12.4. The summed E-state index contributed by atoms with van der Waals surface area (Å²) in [5.41, 5.74) is 6.58. The number of ketones is 1. The van der Waals surface area contributed by atoms with Crippen LogP contribution >= 0.6 is 0 Å². The van der Waals surface area contributed by atoms with E-state index in [9.17, 15) is 9.90 Å². The SMILES string of the molecule is C[C@]12CC/C(=N\OCCN)C[C@H]1[C@@H](O)C[C@@H]1[C@@H]2CC[C@]2(C)C(=O)CC[C@@H]12. The summed E-state index contributed by atoms with van der Waals surface area (Å²) in [4.78, 5) is 17.8. The van der Waals surface area contributed by atoms with E-state index in [0.717, 1.165) is 57.1 Å². The number of carbonyl (C=O) groups excluding carboxylic acids is 1. The number of nitrogens with two attached hydrogens (primary N) is 1. The van der Waals surface area contributed by atoms with Gasteiger partial charge in [0.25, 0.3) is 0 Å². The molecule has 0 aliphatic heterocycles. The van der Waals surface area contributed by atoms with Crippen molar-refractivity contribution in [2.75, 3.05) is 13.2 Å². The Balaban J connectivity index is 1.56. The average molecular weight is 363 g/mol. The predicted octanol–water partition coefficient (Wildman–Crippen LogP) is 2.90. The zero-order valence-corrected chi connectivity index (χ0v) is 16.2. The number of carbonyl (C=O) groups is 1. The molecule has 26 heavy (non-hydrogen) atoms. The molecule has 0 spiro atoms. The molecule has 4 aliphatic carbocycles. The lowest BCUT2D eigenvalue weighted by molar-refractivity contribution is -0.153. The van der Waals surface area contributed by atoms with Gasteiger partial charge in [-0.25, -0.2) is 0 Å². The van der Waals surface area contributed by atoms with Crippen molar-refractivity contribution in [3.05, 3.63) is 0 Å². The molecule has 0 saturated heterocycles. The van der Waals surface area contributed by atoms with Gasteiger partial charge in [-0.1, -0.05) is 19.0 Å². The Kier molecular flexibility index (Phi) is 4.67. The van der Waals surface area contributed by atoms with Gasteiger partial charge in [0.05, 0.1) is 11.8 Å². The normalized spacial score (nSPS) is 49.5. The van der Waals surface area contributed by atoms with Gasteiger partial charge in [0.15, 0.2) is 0 Å². The Labute approximate surface area is 156 Å². The number of rotatable bonds is 3. The first-order valence-corrected chi connectivity index (χ1v) is 10.5. The van der Waals surface area contributed by atoms with E-state index in [1.54, 1.807) is 0 Å². The number of hydrogen-bond acceptors (Lipinski definition) is 5. The van der Waals surface area contributed by atoms with E-state index < -0.39 is 0 Å². The molecule has 0 amide bonds. The molecule has 4 saturated carbocycles. The smallest absolute Gasteiger partial charge is 0.139 e. The van der Waals surface area contributed by atoms with E-state index in [-0.39, 0.29) is 22.9 Å². The van der Waals surface area contributed by atoms with E-state index in [1.807, 2.05) is 0 Å². The monoisotopic (exact) mass is 362 g/mol. The molecule has 4 rings (SSSR count).